The van der Waals surface area contributed by atoms with Crippen molar-refractivity contribution in [2.24, 2.45) is 0 Å². The van der Waals surface area contributed by atoms with E-state index in [1.807, 2.05) is 6.92 Å². The zero-order valence-electron chi connectivity index (χ0n) is 9.88. The molecule has 0 aliphatic rings. The van der Waals surface area contributed by atoms with Crippen LogP contribution >= 0.6 is 0 Å². The van der Waals surface area contributed by atoms with Gasteiger partial charge in [-0.15, -0.1) is 0 Å². The topological polar surface area (TPSA) is 32.3 Å². The molecule has 1 rings (SSSR count). The first-order valence-electron chi connectivity index (χ1n) is 5.54. The van der Waals surface area contributed by atoms with E-state index in [1.54, 1.807) is 0 Å². The Morgan fingerprint density at radius 2 is 1.80 bits per heavy atom. The summed E-state index contributed by atoms with van der Waals surface area (Å²) in [6.07, 6.45) is 0.599. The second kappa shape index (κ2) is 5.89. The highest BCUT2D eigenvalue weighted by Gasteiger charge is 1.97. The molecule has 15 heavy (non-hydrogen) atoms. The lowest BCUT2D eigenvalue weighted by molar-refractivity contribution is 0.183. The molecule has 2 N–H and O–H groups in total. The maximum atomic E-state index is 9.10. The third-order valence-electron chi connectivity index (χ3n) is 2.35. The SMILES string of the molecule is Cc1cc(C)cc(CNCC[C@@H](C)O)c1. The fraction of sp³-hybridized carbons (Fsp3) is 0.538. The van der Waals surface area contributed by atoms with Gasteiger partial charge in [0.1, 0.15) is 0 Å². The van der Waals surface area contributed by atoms with Gasteiger partial charge in [0.2, 0.25) is 0 Å². The maximum absolute atomic E-state index is 9.10. The van der Waals surface area contributed by atoms with Gasteiger partial charge in [-0.25, -0.2) is 0 Å². The Hall–Kier alpha value is -0.860. The van der Waals surface area contributed by atoms with Crippen molar-refractivity contribution >= 4 is 0 Å². The lowest BCUT2D eigenvalue weighted by Crippen LogP contribution is -2.18. The second-order valence-corrected chi connectivity index (χ2v) is 4.31. The molecule has 1 atom stereocenters. The summed E-state index contributed by atoms with van der Waals surface area (Å²) >= 11 is 0. The monoisotopic (exact) mass is 207 g/mol. The highest BCUT2D eigenvalue weighted by Crippen LogP contribution is 2.08. The molecule has 2 nitrogen and oxygen atoms in total. The Bertz CT molecular complexity index is 287. The van der Waals surface area contributed by atoms with E-state index in [4.69, 9.17) is 5.11 Å². The van der Waals surface area contributed by atoms with Crippen molar-refractivity contribution in [3.8, 4) is 0 Å². The standard InChI is InChI=1S/C13H21NO/c1-10-6-11(2)8-13(7-10)9-14-5-4-12(3)15/h6-8,12,14-15H,4-5,9H2,1-3H3/t12-/m1/s1. The highest BCUT2D eigenvalue weighted by molar-refractivity contribution is 5.28. The van der Waals surface area contributed by atoms with Gasteiger partial charge in [0, 0.05) is 6.54 Å². The summed E-state index contributed by atoms with van der Waals surface area (Å²) in [5.41, 5.74) is 3.93. The van der Waals surface area contributed by atoms with Crippen molar-refractivity contribution in [3.05, 3.63) is 34.9 Å². The van der Waals surface area contributed by atoms with Crippen molar-refractivity contribution < 1.29 is 5.11 Å². The van der Waals surface area contributed by atoms with Crippen molar-refractivity contribution in [3.63, 3.8) is 0 Å². The molecule has 0 saturated carbocycles. The third kappa shape index (κ3) is 4.96. The predicted molar refractivity (Wildman–Crippen MR) is 63.9 cm³/mol. The molecule has 2 heteroatoms. The minimum atomic E-state index is -0.211. The summed E-state index contributed by atoms with van der Waals surface area (Å²) < 4.78 is 0. The minimum absolute atomic E-state index is 0.211. The number of nitrogens with one attached hydrogen (secondary N) is 1. The lowest BCUT2D eigenvalue weighted by Gasteiger charge is -2.08. The van der Waals surface area contributed by atoms with Crippen molar-refractivity contribution in [1.29, 1.82) is 0 Å². The highest BCUT2D eigenvalue weighted by atomic mass is 16.3. The number of hydrogen-bond donors (Lipinski definition) is 2. The molecule has 1 aromatic carbocycles. The molecule has 0 aliphatic carbocycles. The first-order chi connectivity index (χ1) is 7.08. The molecule has 0 saturated heterocycles. The summed E-state index contributed by atoms with van der Waals surface area (Å²) in [7, 11) is 0. The van der Waals surface area contributed by atoms with Crippen LogP contribution in [0.2, 0.25) is 0 Å². The fourth-order valence-electron chi connectivity index (χ4n) is 1.71. The van der Waals surface area contributed by atoms with E-state index in [0.29, 0.717) is 0 Å². The van der Waals surface area contributed by atoms with Crippen LogP contribution in [0, 0.1) is 13.8 Å². The van der Waals surface area contributed by atoms with Crippen LogP contribution in [0.3, 0.4) is 0 Å². The lowest BCUT2D eigenvalue weighted by atomic mass is 10.1. The fourth-order valence-corrected chi connectivity index (χ4v) is 1.71. The van der Waals surface area contributed by atoms with Gasteiger partial charge >= 0.3 is 0 Å². The summed E-state index contributed by atoms with van der Waals surface area (Å²) in [5, 5.41) is 12.4. The van der Waals surface area contributed by atoms with E-state index in [2.05, 4.69) is 37.4 Å². The van der Waals surface area contributed by atoms with Crippen LogP contribution in [0.5, 0.6) is 0 Å². The molecule has 84 valence electrons. The molecule has 0 spiro atoms. The number of rotatable bonds is 5. The van der Waals surface area contributed by atoms with Crippen LogP contribution in [0.15, 0.2) is 18.2 Å². The van der Waals surface area contributed by atoms with Gasteiger partial charge in [-0.1, -0.05) is 29.3 Å². The minimum Gasteiger partial charge on any atom is -0.393 e. The molecule has 0 heterocycles. The number of hydrogen-bond acceptors (Lipinski definition) is 2. The van der Waals surface area contributed by atoms with Gasteiger partial charge in [-0.2, -0.15) is 0 Å². The Kier molecular flexibility index (Phi) is 4.79. The Labute approximate surface area is 92.3 Å². The Morgan fingerprint density at radius 1 is 1.20 bits per heavy atom. The van der Waals surface area contributed by atoms with E-state index < -0.39 is 0 Å². The molecular formula is C13H21NO. The molecule has 0 aliphatic heterocycles. The molecule has 0 unspecified atom stereocenters. The van der Waals surface area contributed by atoms with E-state index >= 15 is 0 Å². The van der Waals surface area contributed by atoms with E-state index in [-0.39, 0.29) is 6.10 Å². The smallest absolute Gasteiger partial charge is 0.0524 e. The van der Waals surface area contributed by atoms with Crippen molar-refractivity contribution in [2.45, 2.75) is 39.8 Å². The quantitative estimate of drug-likeness (QED) is 0.725. The van der Waals surface area contributed by atoms with Gasteiger partial charge in [-0.05, 0) is 39.3 Å². The van der Waals surface area contributed by atoms with Crippen LogP contribution in [-0.4, -0.2) is 17.8 Å². The summed E-state index contributed by atoms with van der Waals surface area (Å²) in [4.78, 5) is 0. The molecule has 0 bridgehead atoms. The summed E-state index contributed by atoms with van der Waals surface area (Å²) in [5.74, 6) is 0. The molecule has 1 aromatic rings. The zero-order chi connectivity index (χ0) is 11.3. The van der Waals surface area contributed by atoms with Crippen LogP contribution in [0.25, 0.3) is 0 Å². The Morgan fingerprint density at radius 3 is 2.33 bits per heavy atom. The van der Waals surface area contributed by atoms with Crippen molar-refractivity contribution in [1.82, 2.24) is 5.32 Å². The number of aryl methyl sites for hydroxylation is 2. The van der Waals surface area contributed by atoms with Gasteiger partial charge < -0.3 is 10.4 Å². The first kappa shape index (κ1) is 12.2. The summed E-state index contributed by atoms with van der Waals surface area (Å²) in [6.45, 7) is 7.80. The number of benzene rings is 1. The molecule has 0 aromatic heterocycles. The molecular weight excluding hydrogens is 186 g/mol. The van der Waals surface area contributed by atoms with Crippen LogP contribution in [0.4, 0.5) is 0 Å². The van der Waals surface area contributed by atoms with Crippen LogP contribution in [0.1, 0.15) is 30.0 Å². The summed E-state index contributed by atoms with van der Waals surface area (Å²) in [6, 6.07) is 6.57. The third-order valence-corrected chi connectivity index (χ3v) is 2.35. The van der Waals surface area contributed by atoms with E-state index in [0.717, 1.165) is 19.5 Å². The van der Waals surface area contributed by atoms with Crippen molar-refractivity contribution in [2.75, 3.05) is 6.54 Å². The molecule has 0 amide bonds. The largest absolute Gasteiger partial charge is 0.393 e. The second-order valence-electron chi connectivity index (χ2n) is 4.31. The van der Waals surface area contributed by atoms with Crippen LogP contribution in [-0.2, 0) is 6.54 Å². The van der Waals surface area contributed by atoms with E-state index in [1.165, 1.54) is 16.7 Å². The Balaban J connectivity index is 2.37. The molecule has 0 fully saturated rings. The van der Waals surface area contributed by atoms with Crippen LogP contribution < -0.4 is 5.32 Å². The maximum Gasteiger partial charge on any atom is 0.0524 e. The van der Waals surface area contributed by atoms with Gasteiger partial charge in [0.25, 0.3) is 0 Å². The molecule has 0 radical (unpaired) electrons. The average Bonchev–Trinajstić information content (AvgIpc) is 2.10. The number of aliphatic hydroxyl groups excluding tert-OH is 1. The van der Waals surface area contributed by atoms with Gasteiger partial charge in [0.15, 0.2) is 0 Å². The number of aliphatic hydroxyl groups is 1. The first-order valence-corrected chi connectivity index (χ1v) is 5.54. The van der Waals surface area contributed by atoms with E-state index in [9.17, 15) is 0 Å². The predicted octanol–water partition coefficient (Wildman–Crippen LogP) is 2.16. The zero-order valence-corrected chi connectivity index (χ0v) is 9.88. The normalized spacial score (nSPS) is 12.8. The van der Waals surface area contributed by atoms with Gasteiger partial charge in [0.05, 0.1) is 6.10 Å². The average molecular weight is 207 g/mol. The van der Waals surface area contributed by atoms with Gasteiger partial charge in [-0.3, -0.25) is 0 Å².